The molecular formula is C20H17F3O. The van der Waals surface area contributed by atoms with E-state index in [1.54, 1.807) is 36.4 Å². The zero-order valence-electron chi connectivity index (χ0n) is 13.0. The van der Waals surface area contributed by atoms with Gasteiger partial charge in [0.25, 0.3) is 0 Å². The topological polar surface area (TPSA) is 9.23 Å². The second kappa shape index (κ2) is 6.95. The van der Waals surface area contributed by atoms with Crippen LogP contribution in [0.25, 0.3) is 11.1 Å². The maximum Gasteiger partial charge on any atom is 0.417 e. The molecule has 0 saturated heterocycles. The molecule has 3 rings (SSSR count). The Kier molecular flexibility index (Phi) is 4.74. The number of ether oxygens (including phenoxy) is 1. The first-order valence-electron chi connectivity index (χ1n) is 7.79. The molecule has 0 radical (unpaired) electrons. The van der Waals surface area contributed by atoms with Crippen LogP contribution in [0.5, 0.6) is 5.75 Å². The zero-order valence-corrected chi connectivity index (χ0v) is 13.0. The lowest BCUT2D eigenvalue weighted by atomic mass is 9.99. The third kappa shape index (κ3) is 3.88. The Morgan fingerprint density at radius 1 is 0.958 bits per heavy atom. The van der Waals surface area contributed by atoms with Crippen molar-refractivity contribution >= 4 is 0 Å². The highest BCUT2D eigenvalue weighted by molar-refractivity contribution is 5.69. The van der Waals surface area contributed by atoms with Crippen LogP contribution >= 0.6 is 0 Å². The molecule has 0 unspecified atom stereocenters. The largest absolute Gasteiger partial charge is 0.489 e. The van der Waals surface area contributed by atoms with E-state index < -0.39 is 11.7 Å². The number of alkyl halides is 3. The predicted molar refractivity (Wildman–Crippen MR) is 88.8 cm³/mol. The highest BCUT2D eigenvalue weighted by atomic mass is 19.4. The van der Waals surface area contributed by atoms with E-state index in [0.717, 1.165) is 24.5 Å². The van der Waals surface area contributed by atoms with Crippen LogP contribution in [0.2, 0.25) is 0 Å². The Labute approximate surface area is 139 Å². The smallest absolute Gasteiger partial charge is 0.417 e. The molecule has 0 amide bonds. The monoisotopic (exact) mass is 330 g/mol. The van der Waals surface area contributed by atoms with Gasteiger partial charge in [-0.05, 0) is 41.7 Å². The second-order valence-corrected chi connectivity index (χ2v) is 5.62. The number of allylic oxidation sites excluding steroid dienone is 2. The summed E-state index contributed by atoms with van der Waals surface area (Å²) >= 11 is 0. The van der Waals surface area contributed by atoms with Crippen LogP contribution in [0.1, 0.15) is 18.4 Å². The normalized spacial score (nSPS) is 14.4. The summed E-state index contributed by atoms with van der Waals surface area (Å²) in [6, 6.07) is 12.7. The van der Waals surface area contributed by atoms with Crippen molar-refractivity contribution in [1.29, 1.82) is 0 Å². The van der Waals surface area contributed by atoms with Gasteiger partial charge < -0.3 is 4.74 Å². The van der Waals surface area contributed by atoms with Gasteiger partial charge in [-0.3, -0.25) is 0 Å². The van der Waals surface area contributed by atoms with Crippen molar-refractivity contribution in [3.63, 3.8) is 0 Å². The van der Waals surface area contributed by atoms with Crippen LogP contribution in [0, 0.1) is 0 Å². The Bertz CT molecular complexity index is 758. The minimum absolute atomic E-state index is 0.159. The van der Waals surface area contributed by atoms with Gasteiger partial charge in [-0.1, -0.05) is 54.6 Å². The fraction of sp³-hybridized carbons (Fsp3) is 0.200. The lowest BCUT2D eigenvalue weighted by Crippen LogP contribution is -2.08. The van der Waals surface area contributed by atoms with Crippen molar-refractivity contribution in [2.45, 2.75) is 19.0 Å². The number of benzene rings is 2. The Morgan fingerprint density at radius 3 is 2.42 bits per heavy atom. The predicted octanol–water partition coefficient (Wildman–Crippen LogP) is 6.03. The fourth-order valence-corrected chi connectivity index (χ4v) is 2.66. The molecule has 124 valence electrons. The average molecular weight is 330 g/mol. The number of rotatable bonds is 4. The molecule has 0 aliphatic heterocycles. The van der Waals surface area contributed by atoms with Crippen LogP contribution < -0.4 is 4.74 Å². The molecule has 1 aliphatic carbocycles. The summed E-state index contributed by atoms with van der Waals surface area (Å²) in [6.45, 7) is 0.276. The van der Waals surface area contributed by atoms with E-state index in [2.05, 4.69) is 0 Å². The molecule has 2 aromatic rings. The van der Waals surface area contributed by atoms with Gasteiger partial charge in [0, 0.05) is 0 Å². The molecule has 0 aromatic heterocycles. The Balaban J connectivity index is 1.87. The molecule has 4 heteroatoms. The molecule has 0 bridgehead atoms. The van der Waals surface area contributed by atoms with Gasteiger partial charge >= 0.3 is 6.18 Å². The Hall–Kier alpha value is -2.49. The van der Waals surface area contributed by atoms with Crippen LogP contribution in [-0.2, 0) is 6.18 Å². The fourth-order valence-electron chi connectivity index (χ4n) is 2.66. The lowest BCUT2D eigenvalue weighted by molar-refractivity contribution is -0.137. The van der Waals surface area contributed by atoms with Crippen LogP contribution in [0.4, 0.5) is 13.2 Å². The summed E-state index contributed by atoms with van der Waals surface area (Å²) in [5.41, 5.74) is 1.00. The van der Waals surface area contributed by atoms with E-state index in [9.17, 15) is 13.2 Å². The quantitative estimate of drug-likeness (QED) is 0.665. The van der Waals surface area contributed by atoms with E-state index in [4.69, 9.17) is 4.74 Å². The highest BCUT2D eigenvalue weighted by Gasteiger charge is 2.34. The number of hydrogen-bond donors (Lipinski definition) is 0. The van der Waals surface area contributed by atoms with Gasteiger partial charge in [-0.15, -0.1) is 0 Å². The third-order valence-corrected chi connectivity index (χ3v) is 3.86. The molecule has 0 heterocycles. The molecule has 1 aliphatic rings. The number of halogens is 3. The number of hydrogen-bond acceptors (Lipinski definition) is 1. The van der Waals surface area contributed by atoms with Crippen molar-refractivity contribution in [1.82, 2.24) is 0 Å². The SMILES string of the molecule is FC(F)(F)c1cc(OCC2=CCCC=C2)ccc1-c1ccccc1. The summed E-state index contributed by atoms with van der Waals surface area (Å²) in [5.74, 6) is 0.224. The van der Waals surface area contributed by atoms with E-state index in [1.807, 2.05) is 18.2 Å². The Morgan fingerprint density at radius 2 is 1.75 bits per heavy atom. The first kappa shape index (κ1) is 16.4. The van der Waals surface area contributed by atoms with Gasteiger partial charge in [-0.25, -0.2) is 0 Å². The molecule has 0 spiro atoms. The second-order valence-electron chi connectivity index (χ2n) is 5.62. The van der Waals surface area contributed by atoms with E-state index in [-0.39, 0.29) is 17.9 Å². The maximum absolute atomic E-state index is 13.4. The van der Waals surface area contributed by atoms with Crippen molar-refractivity contribution < 1.29 is 17.9 Å². The van der Waals surface area contributed by atoms with E-state index in [1.165, 1.54) is 6.07 Å². The summed E-state index contributed by atoms with van der Waals surface area (Å²) in [7, 11) is 0. The lowest BCUT2D eigenvalue weighted by Gasteiger charge is -2.16. The minimum Gasteiger partial charge on any atom is -0.489 e. The summed E-state index contributed by atoms with van der Waals surface area (Å²) in [4.78, 5) is 0. The van der Waals surface area contributed by atoms with Crippen molar-refractivity contribution in [2.75, 3.05) is 6.61 Å². The molecule has 0 fully saturated rings. The molecule has 2 aromatic carbocycles. The highest BCUT2D eigenvalue weighted by Crippen LogP contribution is 2.39. The molecule has 0 saturated carbocycles. The average Bonchev–Trinajstić information content (AvgIpc) is 2.61. The molecular weight excluding hydrogens is 313 g/mol. The minimum atomic E-state index is -4.44. The van der Waals surface area contributed by atoms with Crippen LogP contribution in [-0.4, -0.2) is 6.61 Å². The third-order valence-electron chi connectivity index (χ3n) is 3.86. The first-order chi connectivity index (χ1) is 11.5. The van der Waals surface area contributed by atoms with Crippen LogP contribution in [0.3, 0.4) is 0 Å². The summed E-state index contributed by atoms with van der Waals surface area (Å²) < 4.78 is 45.8. The molecule has 0 atom stereocenters. The summed E-state index contributed by atoms with van der Waals surface area (Å²) in [6.07, 6.45) is 3.53. The van der Waals surface area contributed by atoms with Gasteiger partial charge in [0.05, 0.1) is 5.56 Å². The standard InChI is InChI=1S/C20H17F3O/c21-20(22,23)19-13-17(24-14-15-7-3-1-4-8-15)11-12-18(19)16-9-5-2-6-10-16/h2-3,5-13H,1,4,14H2. The zero-order chi connectivity index (χ0) is 17.0. The van der Waals surface area contributed by atoms with Gasteiger partial charge in [0.2, 0.25) is 0 Å². The van der Waals surface area contributed by atoms with Crippen molar-refractivity contribution in [2.24, 2.45) is 0 Å². The molecule has 1 nitrogen and oxygen atoms in total. The van der Waals surface area contributed by atoms with Crippen molar-refractivity contribution in [3.8, 4) is 16.9 Å². The van der Waals surface area contributed by atoms with Gasteiger partial charge in [0.15, 0.2) is 0 Å². The van der Waals surface area contributed by atoms with Crippen LogP contribution in [0.15, 0.2) is 72.3 Å². The summed E-state index contributed by atoms with van der Waals surface area (Å²) in [5, 5.41) is 0. The molecule has 0 N–H and O–H groups in total. The first-order valence-corrected chi connectivity index (χ1v) is 7.79. The van der Waals surface area contributed by atoms with Gasteiger partial charge in [0.1, 0.15) is 12.4 Å². The maximum atomic E-state index is 13.4. The van der Waals surface area contributed by atoms with Crippen molar-refractivity contribution in [3.05, 3.63) is 77.9 Å². The van der Waals surface area contributed by atoms with E-state index in [0.29, 0.717) is 5.56 Å². The van der Waals surface area contributed by atoms with E-state index >= 15 is 0 Å². The van der Waals surface area contributed by atoms with Gasteiger partial charge in [-0.2, -0.15) is 13.2 Å². The molecule has 24 heavy (non-hydrogen) atoms.